The van der Waals surface area contributed by atoms with Gasteiger partial charge in [-0.3, -0.25) is 9.18 Å². The fourth-order valence-corrected chi connectivity index (χ4v) is 2.20. The van der Waals surface area contributed by atoms with E-state index < -0.39 is 0 Å². The van der Waals surface area contributed by atoms with Crippen LogP contribution in [0.2, 0.25) is 0 Å². The molecule has 13 heavy (non-hydrogen) atoms. The van der Waals surface area contributed by atoms with Crippen molar-refractivity contribution in [3.8, 4) is 0 Å². The van der Waals surface area contributed by atoms with Crippen LogP contribution in [0.4, 0.5) is 4.39 Å². The summed E-state index contributed by atoms with van der Waals surface area (Å²) < 4.78 is 12.9. The molecule has 0 aromatic heterocycles. The first kappa shape index (κ1) is 10.7. The summed E-state index contributed by atoms with van der Waals surface area (Å²) in [4.78, 5) is 11.2. The van der Waals surface area contributed by atoms with E-state index in [4.69, 9.17) is 0 Å². The second-order valence-corrected chi connectivity index (χ2v) is 4.31. The molecule has 1 aliphatic carbocycles. The van der Waals surface area contributed by atoms with E-state index in [1.54, 1.807) is 0 Å². The van der Waals surface area contributed by atoms with Crippen molar-refractivity contribution in [1.29, 1.82) is 0 Å². The summed E-state index contributed by atoms with van der Waals surface area (Å²) in [6, 6.07) is 0. The highest BCUT2D eigenvalue weighted by atomic mass is 19.1. The van der Waals surface area contributed by atoms with Gasteiger partial charge in [-0.2, -0.15) is 0 Å². The van der Waals surface area contributed by atoms with Gasteiger partial charge in [-0.1, -0.05) is 19.8 Å². The third-order valence-electron chi connectivity index (χ3n) is 3.08. The van der Waals surface area contributed by atoms with Gasteiger partial charge in [0.25, 0.3) is 0 Å². The number of Topliss-reactive ketones (excluding diaryl/α,β-unsaturated/α-hetero) is 1. The average Bonchev–Trinajstić information content (AvgIpc) is 2.15. The van der Waals surface area contributed by atoms with Gasteiger partial charge in [0.2, 0.25) is 0 Å². The quantitative estimate of drug-likeness (QED) is 0.658. The van der Waals surface area contributed by atoms with Gasteiger partial charge in [-0.05, 0) is 19.3 Å². The summed E-state index contributed by atoms with van der Waals surface area (Å²) in [6.07, 6.45) is 6.01. The topological polar surface area (TPSA) is 17.1 Å². The van der Waals surface area contributed by atoms with Crippen LogP contribution in [0.15, 0.2) is 0 Å². The van der Waals surface area contributed by atoms with E-state index in [2.05, 4.69) is 6.92 Å². The lowest BCUT2D eigenvalue weighted by Crippen LogP contribution is -2.30. The molecule has 0 spiro atoms. The SMILES string of the molecule is CCCCC1(CF)CCCC(=O)C1. The highest BCUT2D eigenvalue weighted by molar-refractivity contribution is 5.79. The Balaban J connectivity index is 2.51. The molecule has 0 N–H and O–H groups in total. The Morgan fingerprint density at radius 1 is 1.54 bits per heavy atom. The van der Waals surface area contributed by atoms with Crippen LogP contribution in [-0.4, -0.2) is 12.5 Å². The number of halogens is 1. The standard InChI is InChI=1S/C11H19FO/c1-2-3-6-11(9-12)7-4-5-10(13)8-11/h2-9H2,1H3. The largest absolute Gasteiger partial charge is 0.300 e. The zero-order valence-corrected chi connectivity index (χ0v) is 8.44. The third-order valence-corrected chi connectivity index (χ3v) is 3.08. The minimum absolute atomic E-state index is 0.264. The molecule has 2 heteroatoms. The Hall–Kier alpha value is -0.400. The molecule has 0 radical (unpaired) electrons. The maximum absolute atomic E-state index is 12.9. The summed E-state index contributed by atoms with van der Waals surface area (Å²) in [5.74, 6) is 0.264. The van der Waals surface area contributed by atoms with E-state index in [-0.39, 0.29) is 17.9 Å². The van der Waals surface area contributed by atoms with Crippen molar-refractivity contribution in [1.82, 2.24) is 0 Å². The summed E-state index contributed by atoms with van der Waals surface area (Å²) in [5, 5.41) is 0. The molecule has 0 bridgehead atoms. The van der Waals surface area contributed by atoms with E-state index in [9.17, 15) is 9.18 Å². The van der Waals surface area contributed by atoms with Crippen molar-refractivity contribution in [3.05, 3.63) is 0 Å². The molecule has 0 aromatic carbocycles. The van der Waals surface area contributed by atoms with Gasteiger partial charge in [0.05, 0.1) is 6.67 Å². The lowest BCUT2D eigenvalue weighted by atomic mass is 9.71. The maximum atomic E-state index is 12.9. The molecule has 1 saturated carbocycles. The van der Waals surface area contributed by atoms with Crippen LogP contribution in [0.3, 0.4) is 0 Å². The number of carbonyl (C=O) groups is 1. The number of alkyl halides is 1. The second-order valence-electron chi connectivity index (χ2n) is 4.31. The van der Waals surface area contributed by atoms with Crippen LogP contribution in [0, 0.1) is 5.41 Å². The molecule has 1 atom stereocenters. The van der Waals surface area contributed by atoms with E-state index in [0.29, 0.717) is 12.8 Å². The number of rotatable bonds is 4. The highest BCUT2D eigenvalue weighted by Crippen LogP contribution is 2.39. The normalized spacial score (nSPS) is 29.2. The van der Waals surface area contributed by atoms with Gasteiger partial charge in [0.15, 0.2) is 0 Å². The molecule has 1 unspecified atom stereocenters. The van der Waals surface area contributed by atoms with Gasteiger partial charge >= 0.3 is 0 Å². The summed E-state index contributed by atoms with van der Waals surface area (Å²) in [5.41, 5.74) is -0.272. The summed E-state index contributed by atoms with van der Waals surface area (Å²) in [7, 11) is 0. The van der Waals surface area contributed by atoms with E-state index in [1.165, 1.54) is 0 Å². The molecule has 0 heterocycles. The molecule has 0 saturated heterocycles. The van der Waals surface area contributed by atoms with E-state index in [0.717, 1.165) is 32.1 Å². The number of hydrogen-bond donors (Lipinski definition) is 0. The molecule has 0 aromatic rings. The molecule has 76 valence electrons. The van der Waals surface area contributed by atoms with Crippen molar-refractivity contribution in [3.63, 3.8) is 0 Å². The zero-order valence-electron chi connectivity index (χ0n) is 8.44. The minimum atomic E-state index is -0.307. The molecule has 1 fully saturated rings. The monoisotopic (exact) mass is 186 g/mol. The number of hydrogen-bond acceptors (Lipinski definition) is 1. The first-order valence-corrected chi connectivity index (χ1v) is 5.30. The third kappa shape index (κ3) is 2.78. The van der Waals surface area contributed by atoms with Crippen molar-refractivity contribution in [2.75, 3.05) is 6.67 Å². The molecule has 1 aliphatic rings. The van der Waals surface area contributed by atoms with Crippen LogP contribution < -0.4 is 0 Å². The molecule has 1 nitrogen and oxygen atoms in total. The van der Waals surface area contributed by atoms with Crippen LogP contribution >= 0.6 is 0 Å². The molecule has 0 aliphatic heterocycles. The predicted octanol–water partition coefficient (Wildman–Crippen LogP) is 3.28. The maximum Gasteiger partial charge on any atom is 0.133 e. The zero-order chi connectivity index (χ0) is 9.73. The van der Waals surface area contributed by atoms with Gasteiger partial charge in [0.1, 0.15) is 5.78 Å². The number of unbranched alkanes of at least 4 members (excludes halogenated alkanes) is 1. The highest BCUT2D eigenvalue weighted by Gasteiger charge is 2.34. The lowest BCUT2D eigenvalue weighted by molar-refractivity contribution is -0.124. The van der Waals surface area contributed by atoms with Crippen molar-refractivity contribution >= 4 is 5.78 Å². The van der Waals surface area contributed by atoms with Gasteiger partial charge in [-0.25, -0.2) is 0 Å². The molecule has 0 amide bonds. The van der Waals surface area contributed by atoms with Gasteiger partial charge in [-0.15, -0.1) is 0 Å². The summed E-state index contributed by atoms with van der Waals surface area (Å²) >= 11 is 0. The van der Waals surface area contributed by atoms with Crippen molar-refractivity contribution < 1.29 is 9.18 Å². The molecular weight excluding hydrogens is 167 g/mol. The Morgan fingerprint density at radius 2 is 2.31 bits per heavy atom. The lowest BCUT2D eigenvalue weighted by Gasteiger charge is -2.33. The van der Waals surface area contributed by atoms with Crippen molar-refractivity contribution in [2.24, 2.45) is 5.41 Å². The minimum Gasteiger partial charge on any atom is -0.300 e. The van der Waals surface area contributed by atoms with E-state index >= 15 is 0 Å². The number of ketones is 1. The van der Waals surface area contributed by atoms with Crippen LogP contribution in [0.25, 0.3) is 0 Å². The Morgan fingerprint density at radius 3 is 2.85 bits per heavy atom. The van der Waals surface area contributed by atoms with Crippen LogP contribution in [0.5, 0.6) is 0 Å². The first-order chi connectivity index (χ1) is 6.22. The second kappa shape index (κ2) is 4.73. The fraction of sp³-hybridized carbons (Fsp3) is 0.909. The molecular formula is C11H19FO. The number of carbonyl (C=O) groups excluding carboxylic acids is 1. The Labute approximate surface area is 79.7 Å². The van der Waals surface area contributed by atoms with Gasteiger partial charge < -0.3 is 0 Å². The first-order valence-electron chi connectivity index (χ1n) is 5.30. The Kier molecular flexibility index (Phi) is 3.89. The van der Waals surface area contributed by atoms with Crippen LogP contribution in [-0.2, 0) is 4.79 Å². The van der Waals surface area contributed by atoms with Gasteiger partial charge in [0, 0.05) is 18.3 Å². The van der Waals surface area contributed by atoms with E-state index in [1.807, 2.05) is 0 Å². The molecule has 1 rings (SSSR count). The van der Waals surface area contributed by atoms with Crippen molar-refractivity contribution in [2.45, 2.75) is 51.9 Å². The average molecular weight is 186 g/mol. The Bertz CT molecular complexity index is 179. The summed E-state index contributed by atoms with van der Waals surface area (Å²) in [6.45, 7) is 1.80. The fourth-order valence-electron chi connectivity index (χ4n) is 2.20. The smallest absolute Gasteiger partial charge is 0.133 e. The van der Waals surface area contributed by atoms with Crippen LogP contribution in [0.1, 0.15) is 51.9 Å². The predicted molar refractivity (Wildman–Crippen MR) is 51.4 cm³/mol.